The number of ether oxygens (including phenoxy) is 3. The molecule has 1 aliphatic heterocycles. The monoisotopic (exact) mass is 398 g/mol. The number of amides is 1. The predicted molar refractivity (Wildman–Crippen MR) is 113 cm³/mol. The average Bonchev–Trinajstić information content (AvgIpc) is 2.74. The van der Waals surface area contributed by atoms with Gasteiger partial charge in [0.25, 0.3) is 5.91 Å². The van der Waals surface area contributed by atoms with Gasteiger partial charge in [-0.25, -0.2) is 0 Å². The molecule has 2 aromatic rings. The maximum atomic E-state index is 13.0. The van der Waals surface area contributed by atoms with E-state index in [1.807, 2.05) is 36.9 Å². The molecule has 1 heterocycles. The fourth-order valence-electron chi connectivity index (χ4n) is 3.47. The van der Waals surface area contributed by atoms with Gasteiger partial charge < -0.3 is 19.1 Å². The van der Waals surface area contributed by atoms with Crippen LogP contribution in [0.5, 0.6) is 17.2 Å². The highest BCUT2D eigenvalue weighted by Crippen LogP contribution is 2.25. The molecule has 0 bridgehead atoms. The van der Waals surface area contributed by atoms with Gasteiger partial charge in [0.05, 0.1) is 20.3 Å². The topological polar surface area (TPSA) is 51.2 Å². The fourth-order valence-corrected chi connectivity index (χ4v) is 3.47. The molecule has 2 aromatic carbocycles. The average molecular weight is 399 g/mol. The van der Waals surface area contributed by atoms with Gasteiger partial charge in [-0.15, -0.1) is 0 Å². The van der Waals surface area contributed by atoms with E-state index in [2.05, 4.69) is 11.0 Å². The summed E-state index contributed by atoms with van der Waals surface area (Å²) in [7, 11) is 3.17. The van der Waals surface area contributed by atoms with Gasteiger partial charge >= 0.3 is 0 Å². The van der Waals surface area contributed by atoms with Crippen molar-refractivity contribution in [2.45, 2.75) is 26.5 Å². The van der Waals surface area contributed by atoms with Crippen LogP contribution >= 0.6 is 0 Å². The van der Waals surface area contributed by atoms with E-state index in [1.54, 1.807) is 32.4 Å². The van der Waals surface area contributed by atoms with Crippen LogP contribution in [0, 0.1) is 0 Å². The normalized spacial score (nSPS) is 14.7. The largest absolute Gasteiger partial charge is 0.497 e. The molecule has 6 nitrogen and oxygen atoms in total. The SMILES string of the molecule is COc1cc(OC)cc(C(=O)N2CCN(Cc3ccccc3OC(C)C)CC2)c1. The number of carbonyl (C=O) groups is 1. The van der Waals surface area contributed by atoms with E-state index < -0.39 is 0 Å². The van der Waals surface area contributed by atoms with Crippen molar-refractivity contribution in [1.29, 1.82) is 0 Å². The summed E-state index contributed by atoms with van der Waals surface area (Å²) in [6.07, 6.45) is 0.144. The molecule has 1 fully saturated rings. The quantitative estimate of drug-likeness (QED) is 0.715. The van der Waals surface area contributed by atoms with Crippen LogP contribution < -0.4 is 14.2 Å². The Bertz CT molecular complexity index is 807. The van der Waals surface area contributed by atoms with Crippen LogP contribution in [0.15, 0.2) is 42.5 Å². The first-order valence-electron chi connectivity index (χ1n) is 9.99. The van der Waals surface area contributed by atoms with Gasteiger partial charge in [0.1, 0.15) is 17.2 Å². The maximum absolute atomic E-state index is 13.0. The highest BCUT2D eigenvalue weighted by atomic mass is 16.5. The van der Waals surface area contributed by atoms with Crippen molar-refractivity contribution in [3.63, 3.8) is 0 Å². The molecule has 0 aliphatic carbocycles. The Hall–Kier alpha value is -2.73. The van der Waals surface area contributed by atoms with Crippen molar-refractivity contribution in [3.8, 4) is 17.2 Å². The second-order valence-corrected chi connectivity index (χ2v) is 7.44. The summed E-state index contributed by atoms with van der Waals surface area (Å²) in [5.74, 6) is 2.18. The molecular formula is C23H30N2O4. The van der Waals surface area contributed by atoms with E-state index in [4.69, 9.17) is 14.2 Å². The molecule has 29 heavy (non-hydrogen) atoms. The van der Waals surface area contributed by atoms with Gasteiger partial charge in [-0.05, 0) is 32.0 Å². The molecular weight excluding hydrogens is 368 g/mol. The lowest BCUT2D eigenvalue weighted by Crippen LogP contribution is -2.48. The number of para-hydroxylation sites is 1. The zero-order valence-electron chi connectivity index (χ0n) is 17.7. The van der Waals surface area contributed by atoms with Gasteiger partial charge in [0.2, 0.25) is 0 Å². The Balaban J connectivity index is 1.62. The molecule has 1 aliphatic rings. The molecule has 0 spiro atoms. The Morgan fingerprint density at radius 3 is 2.17 bits per heavy atom. The van der Waals surface area contributed by atoms with E-state index in [0.717, 1.165) is 25.4 Å². The minimum Gasteiger partial charge on any atom is -0.497 e. The Labute approximate surface area is 173 Å². The zero-order chi connectivity index (χ0) is 20.8. The summed E-state index contributed by atoms with van der Waals surface area (Å²) in [4.78, 5) is 17.2. The Morgan fingerprint density at radius 2 is 1.59 bits per heavy atom. The number of nitrogens with zero attached hydrogens (tertiary/aromatic N) is 2. The summed E-state index contributed by atoms with van der Waals surface area (Å²) < 4.78 is 16.5. The van der Waals surface area contributed by atoms with E-state index in [1.165, 1.54) is 5.56 Å². The van der Waals surface area contributed by atoms with Crippen molar-refractivity contribution in [1.82, 2.24) is 9.80 Å². The number of hydrogen-bond acceptors (Lipinski definition) is 5. The van der Waals surface area contributed by atoms with Crippen molar-refractivity contribution < 1.29 is 19.0 Å². The van der Waals surface area contributed by atoms with Crippen LogP contribution in [0.4, 0.5) is 0 Å². The molecule has 0 saturated carbocycles. The third-order valence-corrected chi connectivity index (χ3v) is 4.99. The number of rotatable bonds is 7. The lowest BCUT2D eigenvalue weighted by atomic mass is 10.1. The zero-order valence-corrected chi connectivity index (χ0v) is 17.7. The van der Waals surface area contributed by atoms with Crippen molar-refractivity contribution in [2.75, 3.05) is 40.4 Å². The minimum atomic E-state index is 0.00499. The second-order valence-electron chi connectivity index (χ2n) is 7.44. The van der Waals surface area contributed by atoms with E-state index in [-0.39, 0.29) is 12.0 Å². The van der Waals surface area contributed by atoms with Crippen LogP contribution in [0.3, 0.4) is 0 Å². The number of benzene rings is 2. The first-order chi connectivity index (χ1) is 14.0. The van der Waals surface area contributed by atoms with Gasteiger partial charge in [-0.2, -0.15) is 0 Å². The lowest BCUT2D eigenvalue weighted by Gasteiger charge is -2.35. The molecule has 1 saturated heterocycles. The first-order valence-corrected chi connectivity index (χ1v) is 9.99. The molecule has 0 N–H and O–H groups in total. The third kappa shape index (κ3) is 5.41. The Morgan fingerprint density at radius 1 is 0.966 bits per heavy atom. The standard InChI is InChI=1S/C23H30N2O4/c1-17(2)29-22-8-6-5-7-18(22)16-24-9-11-25(12-10-24)23(26)19-13-20(27-3)15-21(14-19)28-4/h5-8,13-15,17H,9-12,16H2,1-4H3. The number of hydrogen-bond donors (Lipinski definition) is 0. The summed E-state index contributed by atoms with van der Waals surface area (Å²) >= 11 is 0. The van der Waals surface area contributed by atoms with Gasteiger partial charge in [0, 0.05) is 49.9 Å². The highest BCUT2D eigenvalue weighted by Gasteiger charge is 2.23. The van der Waals surface area contributed by atoms with Gasteiger partial charge in [-0.3, -0.25) is 9.69 Å². The molecule has 0 unspecified atom stereocenters. The molecule has 0 radical (unpaired) electrons. The first kappa shape index (κ1) is 21.0. The highest BCUT2D eigenvalue weighted by molar-refractivity contribution is 5.95. The number of carbonyl (C=O) groups excluding carboxylic acids is 1. The van der Waals surface area contributed by atoms with Crippen molar-refractivity contribution >= 4 is 5.91 Å². The maximum Gasteiger partial charge on any atom is 0.254 e. The number of piperazine rings is 1. The summed E-state index contributed by atoms with van der Waals surface area (Å²) in [5, 5.41) is 0. The predicted octanol–water partition coefficient (Wildman–Crippen LogP) is 3.45. The van der Waals surface area contributed by atoms with Crippen molar-refractivity contribution in [3.05, 3.63) is 53.6 Å². The molecule has 0 aromatic heterocycles. The smallest absolute Gasteiger partial charge is 0.254 e. The van der Waals surface area contributed by atoms with Crippen LogP contribution in [0.2, 0.25) is 0 Å². The lowest BCUT2D eigenvalue weighted by molar-refractivity contribution is 0.0626. The van der Waals surface area contributed by atoms with Gasteiger partial charge in [0.15, 0.2) is 0 Å². The van der Waals surface area contributed by atoms with Crippen LogP contribution in [-0.4, -0.2) is 62.2 Å². The molecule has 0 atom stereocenters. The van der Waals surface area contributed by atoms with Gasteiger partial charge in [-0.1, -0.05) is 18.2 Å². The second kappa shape index (κ2) is 9.65. The van der Waals surface area contributed by atoms with Crippen LogP contribution in [0.1, 0.15) is 29.8 Å². The fraction of sp³-hybridized carbons (Fsp3) is 0.435. The third-order valence-electron chi connectivity index (χ3n) is 4.99. The summed E-state index contributed by atoms with van der Waals surface area (Å²) in [6.45, 7) is 7.91. The van der Waals surface area contributed by atoms with E-state index >= 15 is 0 Å². The number of methoxy groups -OCH3 is 2. The van der Waals surface area contributed by atoms with E-state index in [0.29, 0.717) is 30.2 Å². The minimum absolute atomic E-state index is 0.00499. The molecule has 6 heteroatoms. The molecule has 156 valence electrons. The summed E-state index contributed by atoms with van der Waals surface area (Å²) in [6, 6.07) is 13.5. The molecule has 1 amide bonds. The van der Waals surface area contributed by atoms with E-state index in [9.17, 15) is 4.79 Å². The summed E-state index contributed by atoms with van der Waals surface area (Å²) in [5.41, 5.74) is 1.77. The van der Waals surface area contributed by atoms with Crippen LogP contribution in [0.25, 0.3) is 0 Å². The Kier molecular flexibility index (Phi) is 6.99. The van der Waals surface area contributed by atoms with Crippen molar-refractivity contribution in [2.24, 2.45) is 0 Å². The molecule has 3 rings (SSSR count). The van der Waals surface area contributed by atoms with Crippen LogP contribution in [-0.2, 0) is 6.54 Å².